The van der Waals surface area contributed by atoms with Crippen LogP contribution in [0.2, 0.25) is 0 Å². The van der Waals surface area contributed by atoms with E-state index in [1.54, 1.807) is 31.2 Å². The first-order chi connectivity index (χ1) is 14.9. The Kier molecular flexibility index (Phi) is 7.74. The largest absolute Gasteiger partial charge is 0.497 e. The van der Waals surface area contributed by atoms with Crippen LogP contribution in [0.3, 0.4) is 0 Å². The number of carbonyl (C=O) groups excluding carboxylic acids is 1. The Labute approximate surface area is 184 Å². The van der Waals surface area contributed by atoms with E-state index < -0.39 is 5.82 Å². The van der Waals surface area contributed by atoms with Gasteiger partial charge in [-0.1, -0.05) is 6.07 Å². The Hall–Kier alpha value is -2.80. The number of rotatable bonds is 7. The first-order valence-corrected chi connectivity index (χ1v) is 10.6. The lowest BCUT2D eigenvalue weighted by Crippen LogP contribution is -2.47. The molecule has 0 radical (unpaired) electrons. The van der Waals surface area contributed by atoms with Gasteiger partial charge in [-0.25, -0.2) is 4.39 Å². The molecule has 0 bridgehead atoms. The van der Waals surface area contributed by atoms with Crippen molar-refractivity contribution < 1.29 is 18.7 Å². The van der Waals surface area contributed by atoms with Crippen LogP contribution in [0.1, 0.15) is 18.9 Å². The highest BCUT2D eigenvalue weighted by atomic mass is 19.1. The molecule has 0 N–H and O–H groups in total. The van der Waals surface area contributed by atoms with Gasteiger partial charge in [-0.3, -0.25) is 9.69 Å². The van der Waals surface area contributed by atoms with Crippen molar-refractivity contribution in [2.75, 3.05) is 52.3 Å². The van der Waals surface area contributed by atoms with Crippen molar-refractivity contribution in [2.24, 2.45) is 0 Å². The summed E-state index contributed by atoms with van der Waals surface area (Å²) in [6.07, 6.45) is 0.983. The molecular weight excluding hydrogens is 397 g/mol. The minimum Gasteiger partial charge on any atom is -0.497 e. The van der Waals surface area contributed by atoms with E-state index in [4.69, 9.17) is 9.47 Å². The Balaban J connectivity index is 1.57. The van der Waals surface area contributed by atoms with Crippen molar-refractivity contribution in [3.8, 4) is 11.5 Å². The van der Waals surface area contributed by atoms with E-state index in [1.165, 1.54) is 18.9 Å². The molecule has 31 heavy (non-hydrogen) atoms. The molecule has 0 aromatic heterocycles. The fourth-order valence-electron chi connectivity index (χ4n) is 4.01. The van der Waals surface area contributed by atoms with Crippen molar-refractivity contribution >= 4 is 11.6 Å². The monoisotopic (exact) mass is 429 g/mol. The average molecular weight is 430 g/mol. The minimum atomic E-state index is -0.417. The van der Waals surface area contributed by atoms with Gasteiger partial charge in [-0.2, -0.15) is 0 Å². The van der Waals surface area contributed by atoms with Crippen LogP contribution in [0.4, 0.5) is 10.1 Å². The second kappa shape index (κ2) is 10.5. The standard InChI is InChI=1S/C24H32FN3O3/c1-18(24(29)26(2)17-19-6-11-23(31-4)22(25)16-19)27-12-5-13-28(15-14-27)20-7-9-21(30-3)10-8-20/h6-11,16,18H,5,12-15,17H2,1-4H3. The summed E-state index contributed by atoms with van der Waals surface area (Å²) in [5.41, 5.74) is 1.91. The normalized spacial score (nSPS) is 15.8. The van der Waals surface area contributed by atoms with Crippen LogP contribution in [0, 0.1) is 5.82 Å². The van der Waals surface area contributed by atoms with E-state index in [0.717, 1.165) is 43.9 Å². The number of nitrogens with zero attached hydrogens (tertiary/aromatic N) is 3. The van der Waals surface area contributed by atoms with E-state index in [9.17, 15) is 9.18 Å². The van der Waals surface area contributed by atoms with Crippen LogP contribution in [0.5, 0.6) is 11.5 Å². The molecule has 1 fully saturated rings. The first-order valence-electron chi connectivity index (χ1n) is 10.6. The number of hydrogen-bond acceptors (Lipinski definition) is 5. The fraction of sp³-hybridized carbons (Fsp3) is 0.458. The van der Waals surface area contributed by atoms with Gasteiger partial charge in [0.2, 0.25) is 5.91 Å². The third-order valence-corrected chi connectivity index (χ3v) is 5.89. The molecule has 1 saturated heterocycles. The van der Waals surface area contributed by atoms with Crippen molar-refractivity contribution in [2.45, 2.75) is 25.9 Å². The summed E-state index contributed by atoms with van der Waals surface area (Å²) in [5.74, 6) is 0.672. The summed E-state index contributed by atoms with van der Waals surface area (Å²) in [6.45, 7) is 5.79. The number of methoxy groups -OCH3 is 2. The highest BCUT2D eigenvalue weighted by Gasteiger charge is 2.26. The molecule has 0 aliphatic carbocycles. The molecule has 1 aliphatic rings. The van der Waals surface area contributed by atoms with Gasteiger partial charge < -0.3 is 19.3 Å². The summed E-state index contributed by atoms with van der Waals surface area (Å²) in [7, 11) is 4.87. The zero-order valence-corrected chi connectivity index (χ0v) is 18.8. The van der Waals surface area contributed by atoms with Crippen LogP contribution in [-0.2, 0) is 11.3 Å². The second-order valence-corrected chi connectivity index (χ2v) is 7.91. The van der Waals surface area contributed by atoms with Crippen LogP contribution in [0.25, 0.3) is 0 Å². The fourth-order valence-corrected chi connectivity index (χ4v) is 4.01. The van der Waals surface area contributed by atoms with E-state index in [2.05, 4.69) is 21.9 Å². The first kappa shape index (κ1) is 22.9. The molecule has 1 atom stereocenters. The summed E-state index contributed by atoms with van der Waals surface area (Å²) in [6, 6.07) is 12.7. The van der Waals surface area contributed by atoms with Gasteiger partial charge in [-0.15, -0.1) is 0 Å². The molecule has 0 saturated carbocycles. The van der Waals surface area contributed by atoms with Crippen LogP contribution in [-0.4, -0.2) is 69.2 Å². The maximum Gasteiger partial charge on any atom is 0.239 e. The molecule has 1 unspecified atom stereocenters. The minimum absolute atomic E-state index is 0.0362. The molecule has 7 heteroatoms. The van der Waals surface area contributed by atoms with Crippen molar-refractivity contribution in [1.82, 2.24) is 9.80 Å². The molecule has 2 aromatic rings. The molecule has 0 spiro atoms. The Morgan fingerprint density at radius 2 is 1.81 bits per heavy atom. The van der Waals surface area contributed by atoms with Gasteiger partial charge in [-0.05, 0) is 55.3 Å². The molecule has 1 amide bonds. The van der Waals surface area contributed by atoms with Gasteiger partial charge in [0.1, 0.15) is 5.75 Å². The summed E-state index contributed by atoms with van der Waals surface area (Å²) >= 11 is 0. The number of likely N-dealkylation sites (N-methyl/N-ethyl adjacent to an activating group) is 1. The third kappa shape index (κ3) is 5.67. The maximum atomic E-state index is 14.0. The predicted molar refractivity (Wildman–Crippen MR) is 120 cm³/mol. The molecule has 1 heterocycles. The molecule has 1 aliphatic heterocycles. The quantitative estimate of drug-likeness (QED) is 0.675. The molecule has 6 nitrogen and oxygen atoms in total. The summed E-state index contributed by atoms with van der Waals surface area (Å²) in [5, 5.41) is 0. The molecule has 2 aromatic carbocycles. The Morgan fingerprint density at radius 1 is 1.06 bits per heavy atom. The van der Waals surface area contributed by atoms with Gasteiger partial charge in [0.15, 0.2) is 11.6 Å². The smallest absolute Gasteiger partial charge is 0.239 e. The van der Waals surface area contributed by atoms with Gasteiger partial charge in [0, 0.05) is 45.5 Å². The second-order valence-electron chi connectivity index (χ2n) is 7.91. The number of carbonyl (C=O) groups is 1. The summed E-state index contributed by atoms with van der Waals surface area (Å²) in [4.78, 5) is 19.3. The van der Waals surface area contributed by atoms with Crippen molar-refractivity contribution in [3.05, 3.63) is 53.8 Å². The lowest BCUT2D eigenvalue weighted by Gasteiger charge is -2.30. The third-order valence-electron chi connectivity index (χ3n) is 5.89. The number of ether oxygens (including phenoxy) is 2. The SMILES string of the molecule is COc1ccc(N2CCCN(C(C)C(=O)N(C)Cc3ccc(OC)c(F)c3)CC2)cc1. The van der Waals surface area contributed by atoms with Gasteiger partial charge in [0.25, 0.3) is 0 Å². The molecular formula is C24H32FN3O3. The van der Waals surface area contributed by atoms with Crippen molar-refractivity contribution in [1.29, 1.82) is 0 Å². The Bertz CT molecular complexity index is 875. The zero-order chi connectivity index (χ0) is 22.4. The van der Waals surface area contributed by atoms with Crippen LogP contribution >= 0.6 is 0 Å². The average Bonchev–Trinajstić information content (AvgIpc) is 3.04. The zero-order valence-electron chi connectivity index (χ0n) is 18.8. The van der Waals surface area contributed by atoms with E-state index in [-0.39, 0.29) is 17.7 Å². The van der Waals surface area contributed by atoms with Crippen LogP contribution < -0.4 is 14.4 Å². The highest BCUT2D eigenvalue weighted by molar-refractivity contribution is 5.81. The van der Waals surface area contributed by atoms with Crippen LogP contribution in [0.15, 0.2) is 42.5 Å². The number of hydrogen-bond donors (Lipinski definition) is 0. The lowest BCUT2D eigenvalue weighted by atomic mass is 10.1. The van der Waals surface area contributed by atoms with E-state index in [1.807, 2.05) is 19.1 Å². The summed E-state index contributed by atoms with van der Waals surface area (Å²) < 4.78 is 24.2. The number of anilines is 1. The topological polar surface area (TPSA) is 45.2 Å². The molecule has 3 rings (SSSR count). The maximum absolute atomic E-state index is 14.0. The number of amides is 1. The van der Waals surface area contributed by atoms with E-state index >= 15 is 0 Å². The Morgan fingerprint density at radius 3 is 2.45 bits per heavy atom. The molecule has 168 valence electrons. The highest BCUT2D eigenvalue weighted by Crippen LogP contribution is 2.22. The van der Waals surface area contributed by atoms with Crippen molar-refractivity contribution in [3.63, 3.8) is 0 Å². The predicted octanol–water partition coefficient (Wildman–Crippen LogP) is 3.40. The van der Waals surface area contributed by atoms with Gasteiger partial charge in [0.05, 0.1) is 20.3 Å². The number of benzene rings is 2. The van der Waals surface area contributed by atoms with E-state index in [0.29, 0.717) is 6.54 Å². The van der Waals surface area contributed by atoms with Gasteiger partial charge >= 0.3 is 0 Å². The number of halogens is 1. The lowest BCUT2D eigenvalue weighted by molar-refractivity contribution is -0.135.